The van der Waals surface area contributed by atoms with E-state index in [1.807, 2.05) is 0 Å². The first kappa shape index (κ1) is 23.6. The third-order valence-corrected chi connectivity index (χ3v) is 5.69. The van der Waals surface area contributed by atoms with Crippen molar-refractivity contribution in [3.8, 4) is 5.75 Å². The summed E-state index contributed by atoms with van der Waals surface area (Å²) in [5, 5.41) is 13.5. The molecule has 0 bridgehead atoms. The van der Waals surface area contributed by atoms with E-state index in [4.69, 9.17) is 0 Å². The van der Waals surface area contributed by atoms with Gasteiger partial charge in [0.1, 0.15) is 5.75 Å². The molecule has 3 aromatic carbocycles. The van der Waals surface area contributed by atoms with Crippen molar-refractivity contribution in [2.24, 2.45) is 0 Å². The second kappa shape index (κ2) is 10.0. The van der Waals surface area contributed by atoms with E-state index in [-0.39, 0.29) is 34.1 Å². The lowest BCUT2D eigenvalue weighted by molar-refractivity contribution is -0.385. The van der Waals surface area contributed by atoms with Crippen LogP contribution in [0.15, 0.2) is 77.7 Å². The molecule has 12 heteroatoms. The standard InChI is InChI=1S/C21H17F2N3O6S/c22-21(23)32-18-5-1-3-14(11-18)13-24-20(27)15-7-9-16(10-8-15)25-33(30,31)19-6-2-4-17(12-19)26(28)29/h1-12,21,25H,13H2,(H,24,27). The van der Waals surface area contributed by atoms with Crippen LogP contribution < -0.4 is 14.8 Å². The van der Waals surface area contributed by atoms with Crippen LogP contribution in [0, 0.1) is 10.1 Å². The maximum Gasteiger partial charge on any atom is 0.387 e. The molecule has 9 nitrogen and oxygen atoms in total. The number of rotatable bonds is 9. The first-order valence-electron chi connectivity index (χ1n) is 9.33. The number of ether oxygens (including phenoxy) is 1. The number of nitrogens with zero attached hydrogens (tertiary/aromatic N) is 1. The Kier molecular flexibility index (Phi) is 7.18. The number of nitrogens with one attached hydrogen (secondary N) is 2. The zero-order valence-electron chi connectivity index (χ0n) is 16.8. The van der Waals surface area contributed by atoms with Gasteiger partial charge >= 0.3 is 6.61 Å². The van der Waals surface area contributed by atoms with Crippen LogP contribution in [0.25, 0.3) is 0 Å². The Bertz CT molecular complexity index is 1270. The molecule has 3 aromatic rings. The molecule has 33 heavy (non-hydrogen) atoms. The molecule has 0 saturated carbocycles. The molecule has 0 heterocycles. The van der Waals surface area contributed by atoms with E-state index >= 15 is 0 Å². The van der Waals surface area contributed by atoms with Gasteiger partial charge in [-0.1, -0.05) is 18.2 Å². The van der Waals surface area contributed by atoms with Gasteiger partial charge in [-0.15, -0.1) is 0 Å². The van der Waals surface area contributed by atoms with Crippen molar-refractivity contribution in [2.75, 3.05) is 4.72 Å². The van der Waals surface area contributed by atoms with Gasteiger partial charge in [0, 0.05) is 29.9 Å². The highest BCUT2D eigenvalue weighted by Gasteiger charge is 2.18. The van der Waals surface area contributed by atoms with Gasteiger partial charge in [0.15, 0.2) is 0 Å². The van der Waals surface area contributed by atoms with E-state index in [2.05, 4.69) is 14.8 Å². The number of non-ortho nitro benzene ring substituents is 1. The summed E-state index contributed by atoms with van der Waals surface area (Å²) in [6.45, 7) is -2.90. The molecule has 0 aromatic heterocycles. The molecule has 0 spiro atoms. The lowest BCUT2D eigenvalue weighted by atomic mass is 10.1. The summed E-state index contributed by atoms with van der Waals surface area (Å²) in [7, 11) is -4.08. The van der Waals surface area contributed by atoms with Gasteiger partial charge in [0.05, 0.1) is 9.82 Å². The van der Waals surface area contributed by atoms with Crippen LogP contribution in [0.1, 0.15) is 15.9 Å². The third kappa shape index (κ3) is 6.46. The molecule has 0 atom stereocenters. The number of anilines is 1. The van der Waals surface area contributed by atoms with Crippen LogP contribution in [-0.4, -0.2) is 25.9 Å². The maximum absolute atomic E-state index is 12.5. The molecule has 0 aliphatic heterocycles. The molecule has 0 saturated heterocycles. The number of benzene rings is 3. The Morgan fingerprint density at radius 2 is 1.73 bits per heavy atom. The second-order valence-corrected chi connectivity index (χ2v) is 8.33. The molecule has 2 N–H and O–H groups in total. The summed E-state index contributed by atoms with van der Waals surface area (Å²) in [5.41, 5.74) is 0.558. The zero-order valence-corrected chi connectivity index (χ0v) is 17.6. The molecule has 1 amide bonds. The van der Waals surface area contributed by atoms with Crippen molar-refractivity contribution in [2.45, 2.75) is 18.1 Å². The first-order valence-corrected chi connectivity index (χ1v) is 10.8. The fourth-order valence-electron chi connectivity index (χ4n) is 2.78. The van der Waals surface area contributed by atoms with Crippen molar-refractivity contribution >= 4 is 27.3 Å². The molecule has 172 valence electrons. The molecule has 3 rings (SSSR count). The monoisotopic (exact) mass is 477 g/mol. The minimum absolute atomic E-state index is 0.0304. The minimum atomic E-state index is -4.08. The molecule has 0 fully saturated rings. The number of hydrogen-bond donors (Lipinski definition) is 2. The van der Waals surface area contributed by atoms with Crippen molar-refractivity contribution in [1.29, 1.82) is 0 Å². The molecule has 0 aliphatic rings. The van der Waals surface area contributed by atoms with Gasteiger partial charge in [-0.3, -0.25) is 19.6 Å². The van der Waals surface area contributed by atoms with E-state index in [0.717, 1.165) is 6.07 Å². The molecular formula is C21H17F2N3O6S. The Hall–Kier alpha value is -4.06. The van der Waals surface area contributed by atoms with Crippen molar-refractivity contribution in [3.63, 3.8) is 0 Å². The summed E-state index contributed by atoms with van der Waals surface area (Å²) in [6, 6.07) is 16.0. The summed E-state index contributed by atoms with van der Waals surface area (Å²) in [5.74, 6) is -0.500. The number of nitro benzene ring substituents is 1. The molecule has 0 radical (unpaired) electrons. The lowest BCUT2D eigenvalue weighted by Crippen LogP contribution is -2.22. The highest BCUT2D eigenvalue weighted by Crippen LogP contribution is 2.21. The average Bonchev–Trinajstić information content (AvgIpc) is 2.77. The first-order chi connectivity index (χ1) is 15.6. The summed E-state index contributed by atoms with van der Waals surface area (Å²) in [6.07, 6.45) is 0. The number of nitro groups is 1. The predicted octanol–water partition coefficient (Wildman–Crippen LogP) is 3.93. The number of carbonyl (C=O) groups is 1. The van der Waals surface area contributed by atoms with E-state index in [1.165, 1.54) is 60.7 Å². The van der Waals surface area contributed by atoms with Gasteiger partial charge in [0.2, 0.25) is 0 Å². The SMILES string of the molecule is O=C(NCc1cccc(OC(F)F)c1)c1ccc(NS(=O)(=O)c2cccc([N+](=O)[O-])c2)cc1. The number of halogens is 2. The summed E-state index contributed by atoms with van der Waals surface area (Å²) < 4.78 is 56.2. The highest BCUT2D eigenvalue weighted by atomic mass is 32.2. The fraction of sp³-hybridized carbons (Fsp3) is 0.0952. The van der Waals surface area contributed by atoms with Crippen molar-refractivity contribution in [3.05, 3.63) is 94.0 Å². The number of hydrogen-bond acceptors (Lipinski definition) is 6. The van der Waals surface area contributed by atoms with Crippen molar-refractivity contribution in [1.82, 2.24) is 5.32 Å². The topological polar surface area (TPSA) is 128 Å². The Morgan fingerprint density at radius 3 is 2.39 bits per heavy atom. The summed E-state index contributed by atoms with van der Waals surface area (Å²) >= 11 is 0. The molecule has 0 unspecified atom stereocenters. The Balaban J connectivity index is 1.63. The number of sulfonamides is 1. The van der Waals surface area contributed by atoms with E-state index < -0.39 is 27.5 Å². The van der Waals surface area contributed by atoms with Gasteiger partial charge < -0.3 is 10.1 Å². The number of amides is 1. The Morgan fingerprint density at radius 1 is 1.03 bits per heavy atom. The average molecular weight is 477 g/mol. The van der Waals surface area contributed by atoms with Crippen LogP contribution in [0.3, 0.4) is 0 Å². The normalized spacial score (nSPS) is 11.1. The van der Waals surface area contributed by atoms with E-state index in [9.17, 15) is 32.1 Å². The predicted molar refractivity (Wildman–Crippen MR) is 115 cm³/mol. The smallest absolute Gasteiger partial charge is 0.387 e. The zero-order chi connectivity index (χ0) is 24.0. The Labute approximate surface area is 187 Å². The lowest BCUT2D eigenvalue weighted by Gasteiger charge is -2.10. The van der Waals surface area contributed by atoms with Gasteiger partial charge in [-0.25, -0.2) is 8.42 Å². The van der Waals surface area contributed by atoms with Crippen molar-refractivity contribution < 1.29 is 31.7 Å². The van der Waals surface area contributed by atoms with Crippen LogP contribution in [0.5, 0.6) is 5.75 Å². The van der Waals surface area contributed by atoms with Gasteiger partial charge in [0.25, 0.3) is 21.6 Å². The van der Waals surface area contributed by atoms with Gasteiger partial charge in [-0.05, 0) is 48.0 Å². The minimum Gasteiger partial charge on any atom is -0.435 e. The second-order valence-electron chi connectivity index (χ2n) is 6.65. The van der Waals surface area contributed by atoms with Crippen LogP contribution in [0.2, 0.25) is 0 Å². The molecular weight excluding hydrogens is 460 g/mol. The quantitative estimate of drug-likeness (QED) is 0.355. The van der Waals surface area contributed by atoms with Gasteiger partial charge in [-0.2, -0.15) is 8.78 Å². The number of carbonyl (C=O) groups excluding carboxylic acids is 1. The van der Waals surface area contributed by atoms with Crippen LogP contribution in [-0.2, 0) is 16.6 Å². The summed E-state index contributed by atoms with van der Waals surface area (Å²) in [4.78, 5) is 22.2. The van der Waals surface area contributed by atoms with E-state index in [0.29, 0.717) is 5.56 Å². The third-order valence-electron chi connectivity index (χ3n) is 4.31. The number of alkyl halides is 2. The van der Waals surface area contributed by atoms with Crippen LogP contribution >= 0.6 is 0 Å². The maximum atomic E-state index is 12.5. The highest BCUT2D eigenvalue weighted by molar-refractivity contribution is 7.92. The van der Waals surface area contributed by atoms with Crippen LogP contribution in [0.4, 0.5) is 20.2 Å². The molecule has 0 aliphatic carbocycles. The fourth-order valence-corrected chi connectivity index (χ4v) is 3.88. The largest absolute Gasteiger partial charge is 0.435 e. The van der Waals surface area contributed by atoms with E-state index in [1.54, 1.807) is 6.07 Å².